The third-order valence-corrected chi connectivity index (χ3v) is 5.65. The Labute approximate surface area is 151 Å². The number of aromatic nitrogens is 4. The van der Waals surface area contributed by atoms with E-state index in [2.05, 4.69) is 15.5 Å². The largest absolute Gasteiger partial charge is 0.395 e. The first kappa shape index (κ1) is 16.7. The van der Waals surface area contributed by atoms with E-state index in [0.717, 1.165) is 17.7 Å². The van der Waals surface area contributed by atoms with Crippen LogP contribution in [0.1, 0.15) is 18.9 Å². The summed E-state index contributed by atoms with van der Waals surface area (Å²) < 4.78 is 1.63. The Morgan fingerprint density at radius 1 is 1.31 bits per heavy atom. The standard InChI is InChI=1S/C18H22N6O2/c1-13-15(10-24-17(22(13)2)19-20-21-24)16(26)23-9-8-18(11-23,12-25)14-6-4-3-5-7-14/h3-7,25H,8-12H2,1-2H3. The van der Waals surface area contributed by atoms with E-state index in [0.29, 0.717) is 31.2 Å². The van der Waals surface area contributed by atoms with Gasteiger partial charge < -0.3 is 14.9 Å². The number of likely N-dealkylation sites (tertiary alicyclic amines) is 1. The number of hydrogen-bond acceptors (Lipinski definition) is 6. The van der Waals surface area contributed by atoms with Crippen LogP contribution in [0, 0.1) is 0 Å². The molecule has 1 unspecified atom stereocenters. The zero-order chi connectivity index (χ0) is 18.3. The third-order valence-electron chi connectivity index (χ3n) is 5.65. The number of hydrogen-bond donors (Lipinski definition) is 1. The predicted molar refractivity (Wildman–Crippen MR) is 95.3 cm³/mol. The van der Waals surface area contributed by atoms with Crippen LogP contribution in [0.4, 0.5) is 5.95 Å². The lowest BCUT2D eigenvalue weighted by Crippen LogP contribution is -2.40. The summed E-state index contributed by atoms with van der Waals surface area (Å²) in [6.45, 7) is 3.44. The molecule has 0 bridgehead atoms. The zero-order valence-electron chi connectivity index (χ0n) is 15.0. The van der Waals surface area contributed by atoms with E-state index in [4.69, 9.17) is 0 Å². The number of nitrogens with zero attached hydrogens (tertiary/aromatic N) is 6. The Bertz CT molecular complexity index is 862. The van der Waals surface area contributed by atoms with Crippen LogP contribution in [0.3, 0.4) is 0 Å². The van der Waals surface area contributed by atoms with E-state index >= 15 is 0 Å². The van der Waals surface area contributed by atoms with Gasteiger partial charge in [-0.25, -0.2) is 4.68 Å². The third kappa shape index (κ3) is 2.48. The van der Waals surface area contributed by atoms with Gasteiger partial charge in [0.1, 0.15) is 0 Å². The Balaban J connectivity index is 1.59. The van der Waals surface area contributed by atoms with Gasteiger partial charge >= 0.3 is 0 Å². The highest BCUT2D eigenvalue weighted by Gasteiger charge is 2.42. The van der Waals surface area contributed by atoms with Crippen molar-refractivity contribution in [2.45, 2.75) is 25.3 Å². The molecule has 136 valence electrons. The topological polar surface area (TPSA) is 87.4 Å². The molecule has 2 aliphatic heterocycles. The summed E-state index contributed by atoms with van der Waals surface area (Å²) in [6, 6.07) is 9.95. The van der Waals surface area contributed by atoms with E-state index in [-0.39, 0.29) is 12.5 Å². The molecule has 1 atom stereocenters. The molecule has 26 heavy (non-hydrogen) atoms. The fourth-order valence-corrected chi connectivity index (χ4v) is 3.87. The van der Waals surface area contributed by atoms with Crippen LogP contribution < -0.4 is 4.90 Å². The number of allylic oxidation sites excluding steroid dienone is 1. The number of tetrazole rings is 1. The van der Waals surface area contributed by atoms with Crippen LogP contribution in [0.15, 0.2) is 41.6 Å². The fourth-order valence-electron chi connectivity index (χ4n) is 3.87. The summed E-state index contributed by atoms with van der Waals surface area (Å²) in [5.74, 6) is 0.621. The molecule has 1 fully saturated rings. The molecule has 8 heteroatoms. The van der Waals surface area contributed by atoms with Crippen LogP contribution in [0.5, 0.6) is 0 Å². The van der Waals surface area contributed by atoms with E-state index in [1.165, 1.54) is 0 Å². The number of benzene rings is 1. The lowest BCUT2D eigenvalue weighted by Gasteiger charge is -2.30. The first-order valence-corrected chi connectivity index (χ1v) is 8.71. The maximum Gasteiger partial charge on any atom is 0.253 e. The van der Waals surface area contributed by atoms with Gasteiger partial charge in [-0.2, -0.15) is 0 Å². The molecule has 4 rings (SSSR count). The lowest BCUT2D eigenvalue weighted by molar-refractivity contribution is -0.126. The van der Waals surface area contributed by atoms with Gasteiger partial charge in [0.15, 0.2) is 0 Å². The van der Waals surface area contributed by atoms with Crippen molar-refractivity contribution in [1.82, 2.24) is 25.1 Å². The van der Waals surface area contributed by atoms with Gasteiger partial charge in [0.25, 0.3) is 5.91 Å². The van der Waals surface area contributed by atoms with Gasteiger partial charge in [0, 0.05) is 31.2 Å². The molecule has 1 saturated heterocycles. The molecule has 0 spiro atoms. The van der Waals surface area contributed by atoms with Crippen LogP contribution in [0.25, 0.3) is 0 Å². The van der Waals surface area contributed by atoms with Crippen molar-refractivity contribution in [2.75, 3.05) is 31.6 Å². The molecule has 3 heterocycles. The van der Waals surface area contributed by atoms with E-state index in [9.17, 15) is 9.90 Å². The summed E-state index contributed by atoms with van der Waals surface area (Å²) in [4.78, 5) is 16.9. The minimum Gasteiger partial charge on any atom is -0.395 e. The van der Waals surface area contributed by atoms with E-state index in [1.54, 1.807) is 4.68 Å². The monoisotopic (exact) mass is 354 g/mol. The minimum absolute atomic E-state index is 0.0123. The molecule has 8 nitrogen and oxygen atoms in total. The SMILES string of the molecule is CC1=C(C(=O)N2CCC(CO)(c3ccccc3)C2)Cn2nnnc2N1C. The second kappa shape index (κ2) is 6.21. The molecular weight excluding hydrogens is 332 g/mol. The molecule has 0 saturated carbocycles. The van der Waals surface area contributed by atoms with Gasteiger partial charge in [-0.15, -0.1) is 0 Å². The molecule has 1 amide bonds. The number of anilines is 1. The molecule has 1 aromatic heterocycles. The number of rotatable bonds is 3. The second-order valence-corrected chi connectivity index (χ2v) is 7.04. The van der Waals surface area contributed by atoms with Crippen LogP contribution in [-0.2, 0) is 16.8 Å². The quantitative estimate of drug-likeness (QED) is 0.867. The summed E-state index contributed by atoms with van der Waals surface area (Å²) >= 11 is 0. The van der Waals surface area contributed by atoms with Crippen LogP contribution in [0.2, 0.25) is 0 Å². The molecule has 1 aromatic carbocycles. The van der Waals surface area contributed by atoms with Crippen molar-refractivity contribution >= 4 is 11.9 Å². The smallest absolute Gasteiger partial charge is 0.253 e. The first-order valence-electron chi connectivity index (χ1n) is 8.71. The van der Waals surface area contributed by atoms with Crippen molar-refractivity contribution in [3.63, 3.8) is 0 Å². The molecule has 2 aliphatic rings. The highest BCUT2D eigenvalue weighted by Crippen LogP contribution is 2.35. The maximum absolute atomic E-state index is 13.2. The molecule has 1 N–H and O–H groups in total. The second-order valence-electron chi connectivity index (χ2n) is 7.04. The minimum atomic E-state index is -0.397. The fraction of sp³-hybridized carbons (Fsp3) is 0.444. The number of carbonyl (C=O) groups is 1. The van der Waals surface area contributed by atoms with Gasteiger partial charge in [-0.1, -0.05) is 35.4 Å². The summed E-state index contributed by atoms with van der Waals surface area (Å²) in [5.41, 5.74) is 2.23. The van der Waals surface area contributed by atoms with Crippen molar-refractivity contribution < 1.29 is 9.90 Å². The average Bonchev–Trinajstić information content (AvgIpc) is 3.32. The number of fused-ring (bicyclic) bond motifs is 1. The Morgan fingerprint density at radius 2 is 2.08 bits per heavy atom. The van der Waals surface area contributed by atoms with Gasteiger partial charge in [0.05, 0.1) is 18.7 Å². The van der Waals surface area contributed by atoms with Crippen molar-refractivity contribution in [3.05, 3.63) is 47.2 Å². The number of aliphatic hydroxyl groups is 1. The number of aliphatic hydroxyl groups excluding tert-OH is 1. The maximum atomic E-state index is 13.2. The van der Waals surface area contributed by atoms with Gasteiger partial charge in [-0.05, 0) is 29.3 Å². The van der Waals surface area contributed by atoms with E-state index < -0.39 is 5.41 Å². The Kier molecular flexibility index (Phi) is 3.99. The van der Waals surface area contributed by atoms with Gasteiger partial charge in [0.2, 0.25) is 5.95 Å². The number of carbonyl (C=O) groups excluding carboxylic acids is 1. The highest BCUT2D eigenvalue weighted by atomic mass is 16.3. The van der Waals surface area contributed by atoms with Crippen molar-refractivity contribution in [1.29, 1.82) is 0 Å². The van der Waals surface area contributed by atoms with Crippen molar-refractivity contribution in [3.8, 4) is 0 Å². The highest BCUT2D eigenvalue weighted by molar-refractivity contribution is 5.95. The van der Waals surface area contributed by atoms with E-state index in [1.807, 2.05) is 54.1 Å². The zero-order valence-corrected chi connectivity index (χ0v) is 15.0. The summed E-state index contributed by atoms with van der Waals surface area (Å²) in [7, 11) is 1.86. The van der Waals surface area contributed by atoms with Gasteiger partial charge in [-0.3, -0.25) is 4.79 Å². The van der Waals surface area contributed by atoms with Crippen molar-refractivity contribution in [2.24, 2.45) is 0 Å². The number of amides is 1. The summed E-state index contributed by atoms with van der Waals surface area (Å²) in [5, 5.41) is 21.7. The molecular formula is C18H22N6O2. The molecule has 2 aromatic rings. The van der Waals surface area contributed by atoms with Crippen LogP contribution >= 0.6 is 0 Å². The lowest BCUT2D eigenvalue weighted by atomic mass is 9.80. The molecule has 0 radical (unpaired) electrons. The van der Waals surface area contributed by atoms with Crippen LogP contribution in [-0.4, -0.2) is 62.9 Å². The molecule has 0 aliphatic carbocycles. The predicted octanol–water partition coefficient (Wildman–Crippen LogP) is 0.559. The first-order chi connectivity index (χ1) is 12.6. The Morgan fingerprint density at radius 3 is 2.81 bits per heavy atom. The average molecular weight is 354 g/mol. The Hall–Kier alpha value is -2.74. The summed E-state index contributed by atoms with van der Waals surface area (Å²) in [6.07, 6.45) is 0.748. The normalized spacial score (nSPS) is 22.7.